The molecule has 0 radical (unpaired) electrons. The van der Waals surface area contributed by atoms with Crippen LogP contribution in [-0.4, -0.2) is 30.8 Å². The summed E-state index contributed by atoms with van der Waals surface area (Å²) in [5.74, 6) is 0. The van der Waals surface area contributed by atoms with Crippen LogP contribution in [0.4, 0.5) is 5.69 Å². The summed E-state index contributed by atoms with van der Waals surface area (Å²) in [6, 6.07) is 6.62. The molecule has 114 valence electrons. The lowest BCUT2D eigenvalue weighted by Crippen LogP contribution is -2.37. The highest BCUT2D eigenvalue weighted by molar-refractivity contribution is 6.33. The van der Waals surface area contributed by atoms with Crippen LogP contribution in [-0.2, 0) is 6.54 Å². The lowest BCUT2D eigenvalue weighted by atomic mass is 10.1. The molecule has 0 aliphatic rings. The number of halogens is 1. The van der Waals surface area contributed by atoms with Gasteiger partial charge in [-0.3, -0.25) is 0 Å². The number of aliphatic hydroxyl groups excluding tert-OH is 1. The SMILES string of the molecule is CCNCc1ccc(N(CCO)C(CC)CC)c(Cl)c1. The number of aliphatic hydroxyl groups is 1. The predicted octanol–water partition coefficient (Wildman–Crippen LogP) is 3.44. The molecule has 0 amide bonds. The second-order valence-corrected chi connectivity index (χ2v) is 5.36. The number of benzene rings is 1. The van der Waals surface area contributed by atoms with Crippen LogP contribution in [0.1, 0.15) is 39.2 Å². The molecule has 1 aromatic rings. The molecule has 0 bridgehead atoms. The van der Waals surface area contributed by atoms with Crippen molar-refractivity contribution in [1.29, 1.82) is 0 Å². The van der Waals surface area contributed by atoms with Gasteiger partial charge in [0.2, 0.25) is 0 Å². The van der Waals surface area contributed by atoms with Gasteiger partial charge in [-0.05, 0) is 37.1 Å². The van der Waals surface area contributed by atoms with Crippen LogP contribution < -0.4 is 10.2 Å². The molecule has 0 atom stereocenters. The first kappa shape index (κ1) is 17.3. The summed E-state index contributed by atoms with van der Waals surface area (Å²) in [6.45, 7) is 8.99. The zero-order valence-electron chi connectivity index (χ0n) is 12.8. The van der Waals surface area contributed by atoms with Crippen molar-refractivity contribution in [1.82, 2.24) is 5.32 Å². The van der Waals surface area contributed by atoms with Crippen LogP contribution >= 0.6 is 11.6 Å². The van der Waals surface area contributed by atoms with Crippen molar-refractivity contribution in [2.24, 2.45) is 0 Å². The van der Waals surface area contributed by atoms with Gasteiger partial charge < -0.3 is 15.3 Å². The normalized spacial score (nSPS) is 11.1. The summed E-state index contributed by atoms with van der Waals surface area (Å²) < 4.78 is 0. The lowest BCUT2D eigenvalue weighted by molar-refractivity contribution is 0.296. The number of hydrogen-bond donors (Lipinski definition) is 2. The van der Waals surface area contributed by atoms with E-state index in [1.54, 1.807) is 0 Å². The fourth-order valence-electron chi connectivity index (χ4n) is 2.50. The minimum Gasteiger partial charge on any atom is -0.395 e. The number of nitrogens with zero attached hydrogens (tertiary/aromatic N) is 1. The van der Waals surface area contributed by atoms with Crippen LogP contribution in [0.15, 0.2) is 18.2 Å². The Labute approximate surface area is 127 Å². The van der Waals surface area contributed by atoms with E-state index in [0.29, 0.717) is 12.6 Å². The Morgan fingerprint density at radius 3 is 2.45 bits per heavy atom. The Balaban J connectivity index is 2.95. The Bertz CT molecular complexity index is 394. The molecule has 2 N–H and O–H groups in total. The lowest BCUT2D eigenvalue weighted by Gasteiger charge is -2.33. The van der Waals surface area contributed by atoms with Crippen molar-refractivity contribution < 1.29 is 5.11 Å². The van der Waals surface area contributed by atoms with Crippen LogP contribution in [0.5, 0.6) is 0 Å². The summed E-state index contributed by atoms with van der Waals surface area (Å²) in [5, 5.41) is 13.4. The number of rotatable bonds is 9. The largest absolute Gasteiger partial charge is 0.395 e. The van der Waals surface area contributed by atoms with Crippen LogP contribution in [0.2, 0.25) is 5.02 Å². The maximum absolute atomic E-state index is 9.30. The molecule has 0 spiro atoms. The third-order valence-corrected chi connectivity index (χ3v) is 3.93. The molecule has 0 unspecified atom stereocenters. The fraction of sp³-hybridized carbons (Fsp3) is 0.625. The first-order valence-electron chi connectivity index (χ1n) is 7.54. The van der Waals surface area contributed by atoms with Gasteiger partial charge in [-0.2, -0.15) is 0 Å². The van der Waals surface area contributed by atoms with E-state index in [4.69, 9.17) is 11.6 Å². The molecule has 4 heteroatoms. The van der Waals surface area contributed by atoms with Gasteiger partial charge in [-0.15, -0.1) is 0 Å². The molecule has 0 aromatic heterocycles. The minimum atomic E-state index is 0.145. The smallest absolute Gasteiger partial charge is 0.0642 e. The number of hydrogen-bond acceptors (Lipinski definition) is 3. The van der Waals surface area contributed by atoms with Gasteiger partial charge in [0.15, 0.2) is 0 Å². The Hall–Kier alpha value is -0.770. The van der Waals surface area contributed by atoms with Crippen LogP contribution in [0, 0.1) is 0 Å². The standard InChI is InChI=1S/C16H27ClN2O/c1-4-14(5-2)19(9-10-20)16-8-7-13(11-15(16)17)12-18-6-3/h7-8,11,14,18,20H,4-6,9-10,12H2,1-3H3. The summed E-state index contributed by atoms with van der Waals surface area (Å²) in [7, 11) is 0. The quantitative estimate of drug-likeness (QED) is 0.733. The molecule has 0 aliphatic heterocycles. The highest BCUT2D eigenvalue weighted by Gasteiger charge is 2.17. The predicted molar refractivity (Wildman–Crippen MR) is 87.6 cm³/mol. The van der Waals surface area contributed by atoms with Crippen molar-refractivity contribution in [3.8, 4) is 0 Å². The Morgan fingerprint density at radius 2 is 1.95 bits per heavy atom. The maximum Gasteiger partial charge on any atom is 0.0642 e. The Kier molecular flexibility index (Phi) is 7.97. The van der Waals surface area contributed by atoms with Crippen molar-refractivity contribution in [3.63, 3.8) is 0 Å². The zero-order valence-corrected chi connectivity index (χ0v) is 13.6. The summed E-state index contributed by atoms with van der Waals surface area (Å²) >= 11 is 6.45. The second kappa shape index (κ2) is 9.22. The van der Waals surface area contributed by atoms with Gasteiger partial charge in [0.05, 0.1) is 17.3 Å². The van der Waals surface area contributed by atoms with Gasteiger partial charge in [0, 0.05) is 19.1 Å². The molecule has 0 heterocycles. The topological polar surface area (TPSA) is 35.5 Å². The zero-order chi connectivity index (χ0) is 15.0. The van der Waals surface area contributed by atoms with Crippen molar-refractivity contribution in [2.45, 2.75) is 46.2 Å². The Morgan fingerprint density at radius 1 is 1.25 bits per heavy atom. The minimum absolute atomic E-state index is 0.145. The molecular weight excluding hydrogens is 272 g/mol. The van der Waals surface area contributed by atoms with Crippen molar-refractivity contribution >= 4 is 17.3 Å². The molecule has 1 rings (SSSR count). The third kappa shape index (κ3) is 4.65. The van der Waals surface area contributed by atoms with Crippen LogP contribution in [0.25, 0.3) is 0 Å². The van der Waals surface area contributed by atoms with E-state index in [2.05, 4.69) is 43.1 Å². The van der Waals surface area contributed by atoms with E-state index in [9.17, 15) is 5.11 Å². The fourth-order valence-corrected chi connectivity index (χ4v) is 2.81. The average molecular weight is 299 g/mol. The summed E-state index contributed by atoms with van der Waals surface area (Å²) in [6.07, 6.45) is 2.10. The van der Waals surface area contributed by atoms with E-state index >= 15 is 0 Å². The van der Waals surface area contributed by atoms with E-state index in [1.165, 1.54) is 5.56 Å². The first-order chi connectivity index (χ1) is 9.67. The van der Waals surface area contributed by atoms with Gasteiger partial charge in [-0.1, -0.05) is 38.4 Å². The number of nitrogens with one attached hydrogen (secondary N) is 1. The molecule has 0 fully saturated rings. The van der Waals surface area contributed by atoms with Crippen molar-refractivity contribution in [2.75, 3.05) is 24.6 Å². The maximum atomic E-state index is 9.30. The highest BCUT2D eigenvalue weighted by Crippen LogP contribution is 2.29. The van der Waals surface area contributed by atoms with Gasteiger partial charge >= 0.3 is 0 Å². The molecule has 0 saturated carbocycles. The second-order valence-electron chi connectivity index (χ2n) is 4.95. The molecule has 20 heavy (non-hydrogen) atoms. The first-order valence-corrected chi connectivity index (χ1v) is 7.92. The van der Waals surface area contributed by atoms with Gasteiger partial charge in [-0.25, -0.2) is 0 Å². The number of anilines is 1. The molecule has 0 aliphatic carbocycles. The van der Waals surface area contributed by atoms with E-state index in [1.807, 2.05) is 6.07 Å². The summed E-state index contributed by atoms with van der Waals surface area (Å²) in [5.41, 5.74) is 2.21. The van der Waals surface area contributed by atoms with Gasteiger partial charge in [0.25, 0.3) is 0 Å². The molecule has 3 nitrogen and oxygen atoms in total. The average Bonchev–Trinajstić information content (AvgIpc) is 2.46. The molecule has 0 saturated heterocycles. The van der Waals surface area contributed by atoms with Crippen LogP contribution in [0.3, 0.4) is 0 Å². The highest BCUT2D eigenvalue weighted by atomic mass is 35.5. The monoisotopic (exact) mass is 298 g/mol. The van der Waals surface area contributed by atoms with E-state index in [-0.39, 0.29) is 6.61 Å². The summed E-state index contributed by atoms with van der Waals surface area (Å²) in [4.78, 5) is 2.22. The molecule has 1 aromatic carbocycles. The van der Waals surface area contributed by atoms with E-state index in [0.717, 1.165) is 36.6 Å². The van der Waals surface area contributed by atoms with Gasteiger partial charge in [0.1, 0.15) is 0 Å². The third-order valence-electron chi connectivity index (χ3n) is 3.62. The van der Waals surface area contributed by atoms with E-state index < -0.39 is 0 Å². The molecular formula is C16H27ClN2O. The van der Waals surface area contributed by atoms with Crippen molar-refractivity contribution in [3.05, 3.63) is 28.8 Å².